The second kappa shape index (κ2) is 9.73. The maximum Gasteiger partial charge on any atom is 0.250 e. The molecule has 2 N–H and O–H groups in total. The molecule has 1 aromatic carbocycles. The molecule has 0 radical (unpaired) electrons. The van der Waals surface area contributed by atoms with Crippen molar-refractivity contribution >= 4 is 37.4 Å². The van der Waals surface area contributed by atoms with Gasteiger partial charge in [0.2, 0.25) is 36.8 Å². The zero-order valence-corrected chi connectivity index (χ0v) is 19.4. The monoisotopic (exact) mass is 498 g/mol. The molecule has 0 aliphatic heterocycles. The van der Waals surface area contributed by atoms with Gasteiger partial charge >= 0.3 is 0 Å². The van der Waals surface area contributed by atoms with E-state index in [-0.39, 0.29) is 24.1 Å². The summed E-state index contributed by atoms with van der Waals surface area (Å²) in [6, 6.07) is 7.76. The molecule has 0 saturated heterocycles. The molecule has 170 valence electrons. The summed E-state index contributed by atoms with van der Waals surface area (Å²) in [6.45, 7) is 0.101. The maximum atomic E-state index is 12.0. The fourth-order valence-corrected chi connectivity index (χ4v) is 3.81. The minimum atomic E-state index is -3.71. The van der Waals surface area contributed by atoms with E-state index in [1.165, 1.54) is 25.5 Å². The van der Waals surface area contributed by atoms with Gasteiger partial charge in [-0.3, -0.25) is 0 Å². The van der Waals surface area contributed by atoms with Crippen LogP contribution in [0.2, 0.25) is 5.02 Å². The lowest BCUT2D eigenvalue weighted by Gasteiger charge is -2.10. The van der Waals surface area contributed by atoms with Crippen molar-refractivity contribution in [3.05, 3.63) is 59.0 Å². The van der Waals surface area contributed by atoms with Gasteiger partial charge in [0.15, 0.2) is 0 Å². The van der Waals surface area contributed by atoms with Crippen LogP contribution in [0.4, 0.5) is 5.95 Å². The highest BCUT2D eigenvalue weighted by Gasteiger charge is 2.16. The summed E-state index contributed by atoms with van der Waals surface area (Å²) in [6.07, 6.45) is 3.82. The van der Waals surface area contributed by atoms with Gasteiger partial charge in [-0.2, -0.15) is 4.98 Å². The summed E-state index contributed by atoms with van der Waals surface area (Å²) in [4.78, 5) is 16.0. The van der Waals surface area contributed by atoms with Gasteiger partial charge in [-0.15, -0.1) is 0 Å². The van der Waals surface area contributed by atoms with E-state index in [0.717, 1.165) is 6.26 Å². The molecule has 0 fully saturated rings. The second-order valence-electron chi connectivity index (χ2n) is 6.54. The fourth-order valence-electron chi connectivity index (χ4n) is 2.40. The fraction of sp³-hybridized carbons (Fsp3) is 0.222. The SMILES string of the molecule is CNS(=O)(=O)Cc1ccc(Oc2cc(CNc3ncc(Cl)cn3)nc(S(C)(=O)=O)n2)cc1. The van der Waals surface area contributed by atoms with E-state index in [1.54, 1.807) is 24.3 Å². The predicted molar refractivity (Wildman–Crippen MR) is 118 cm³/mol. The molecule has 2 heterocycles. The first kappa shape index (κ1) is 23.8. The van der Waals surface area contributed by atoms with E-state index < -0.39 is 25.0 Å². The van der Waals surface area contributed by atoms with Crippen molar-refractivity contribution < 1.29 is 21.6 Å². The number of benzene rings is 1. The van der Waals surface area contributed by atoms with Crippen molar-refractivity contribution in [3.63, 3.8) is 0 Å². The average Bonchev–Trinajstić information content (AvgIpc) is 2.74. The second-order valence-corrected chi connectivity index (χ2v) is 10.8. The third-order valence-corrected chi connectivity index (χ3v) is 6.30. The topological polar surface area (TPSA) is 153 Å². The Morgan fingerprint density at radius 2 is 1.69 bits per heavy atom. The number of aromatic nitrogens is 4. The lowest BCUT2D eigenvalue weighted by molar-refractivity contribution is 0.451. The number of rotatable bonds is 9. The number of anilines is 1. The van der Waals surface area contributed by atoms with Gasteiger partial charge in [0.1, 0.15) is 5.75 Å². The van der Waals surface area contributed by atoms with E-state index in [4.69, 9.17) is 16.3 Å². The average molecular weight is 499 g/mol. The lowest BCUT2D eigenvalue weighted by atomic mass is 10.2. The van der Waals surface area contributed by atoms with Crippen LogP contribution >= 0.6 is 11.6 Å². The maximum absolute atomic E-state index is 12.0. The van der Waals surface area contributed by atoms with Gasteiger partial charge in [0.05, 0.1) is 35.4 Å². The van der Waals surface area contributed by atoms with Crippen LogP contribution in [0.15, 0.2) is 47.9 Å². The molecule has 32 heavy (non-hydrogen) atoms. The van der Waals surface area contributed by atoms with Crippen LogP contribution in [0.5, 0.6) is 11.6 Å². The molecule has 0 aliphatic rings. The molecular formula is C18H19ClN6O5S2. The van der Waals surface area contributed by atoms with Gasteiger partial charge in [0, 0.05) is 12.3 Å². The largest absolute Gasteiger partial charge is 0.439 e. The lowest BCUT2D eigenvalue weighted by Crippen LogP contribution is -2.20. The number of sulfonamides is 1. The molecule has 2 aromatic heterocycles. The molecule has 3 aromatic rings. The molecule has 0 amide bonds. The summed E-state index contributed by atoms with van der Waals surface area (Å²) in [5, 5.41) is 2.88. The summed E-state index contributed by atoms with van der Waals surface area (Å²) >= 11 is 5.76. The number of ether oxygens (including phenoxy) is 1. The molecule has 11 nitrogen and oxygen atoms in total. The van der Waals surface area contributed by atoms with Crippen LogP contribution in [-0.2, 0) is 32.2 Å². The molecular weight excluding hydrogens is 480 g/mol. The van der Waals surface area contributed by atoms with Gasteiger partial charge in [-0.05, 0) is 24.7 Å². The molecule has 0 aliphatic carbocycles. The normalized spacial score (nSPS) is 11.8. The molecule has 0 spiro atoms. The first-order valence-corrected chi connectivity index (χ1v) is 12.9. The van der Waals surface area contributed by atoms with Crippen molar-refractivity contribution in [1.82, 2.24) is 24.7 Å². The summed E-state index contributed by atoms with van der Waals surface area (Å²) in [5.41, 5.74) is 0.879. The standard InChI is InChI=1S/C18H19ClN6O5S2/c1-20-32(28,29)11-12-3-5-15(6-4-12)30-16-7-14(24-18(25-16)31(2,26)27)10-23-17-21-8-13(19)9-22-17/h3-9,20H,10-11H2,1-2H3,(H,21,22,23). The smallest absolute Gasteiger partial charge is 0.250 e. The highest BCUT2D eigenvalue weighted by molar-refractivity contribution is 7.90. The van der Waals surface area contributed by atoms with Crippen LogP contribution in [0.1, 0.15) is 11.3 Å². The Balaban J connectivity index is 1.80. The third-order valence-electron chi connectivity index (χ3n) is 3.93. The minimum absolute atomic E-state index is 0.00449. The zero-order chi connectivity index (χ0) is 23.4. The van der Waals surface area contributed by atoms with Gasteiger partial charge < -0.3 is 10.1 Å². The predicted octanol–water partition coefficient (Wildman–Crippen LogP) is 1.78. The van der Waals surface area contributed by atoms with Gasteiger partial charge in [-0.25, -0.2) is 36.5 Å². The number of sulfone groups is 1. The Morgan fingerprint density at radius 3 is 2.28 bits per heavy atom. The van der Waals surface area contributed by atoms with Crippen molar-refractivity contribution in [2.24, 2.45) is 0 Å². The molecule has 0 bridgehead atoms. The van der Waals surface area contributed by atoms with E-state index in [9.17, 15) is 16.8 Å². The number of hydrogen-bond acceptors (Lipinski definition) is 10. The Bertz CT molecular complexity index is 1300. The first-order chi connectivity index (χ1) is 15.0. The Hall–Kier alpha value is -2.87. The van der Waals surface area contributed by atoms with Crippen LogP contribution in [-0.4, -0.2) is 50.1 Å². The Morgan fingerprint density at radius 1 is 1.03 bits per heavy atom. The van der Waals surface area contributed by atoms with E-state index in [2.05, 4.69) is 30.0 Å². The Labute approximate surface area is 190 Å². The highest BCUT2D eigenvalue weighted by atomic mass is 35.5. The number of halogens is 1. The summed E-state index contributed by atoms with van der Waals surface area (Å²) in [7, 11) is -5.78. The van der Waals surface area contributed by atoms with Gasteiger partial charge in [-0.1, -0.05) is 23.7 Å². The van der Waals surface area contributed by atoms with Crippen molar-refractivity contribution in [2.45, 2.75) is 17.5 Å². The van der Waals surface area contributed by atoms with E-state index in [0.29, 0.717) is 22.0 Å². The zero-order valence-electron chi connectivity index (χ0n) is 17.0. The van der Waals surface area contributed by atoms with Crippen molar-refractivity contribution in [3.8, 4) is 11.6 Å². The van der Waals surface area contributed by atoms with Crippen molar-refractivity contribution in [2.75, 3.05) is 18.6 Å². The highest BCUT2D eigenvalue weighted by Crippen LogP contribution is 2.22. The van der Waals surface area contributed by atoms with Crippen LogP contribution in [0, 0.1) is 0 Å². The molecule has 0 atom stereocenters. The molecule has 14 heteroatoms. The number of nitrogens with zero attached hydrogens (tertiary/aromatic N) is 4. The van der Waals surface area contributed by atoms with E-state index >= 15 is 0 Å². The molecule has 3 rings (SSSR count). The number of hydrogen-bond donors (Lipinski definition) is 2. The van der Waals surface area contributed by atoms with Crippen LogP contribution in [0.3, 0.4) is 0 Å². The molecule has 0 saturated carbocycles. The van der Waals surface area contributed by atoms with Crippen LogP contribution < -0.4 is 14.8 Å². The van der Waals surface area contributed by atoms with Crippen LogP contribution in [0.25, 0.3) is 0 Å². The minimum Gasteiger partial charge on any atom is -0.439 e. The molecule has 0 unspecified atom stereocenters. The Kier molecular flexibility index (Phi) is 7.23. The third kappa shape index (κ3) is 6.82. The quantitative estimate of drug-likeness (QED) is 0.417. The summed E-state index contributed by atoms with van der Waals surface area (Å²) < 4.78 is 55.2. The number of nitrogens with one attached hydrogen (secondary N) is 2. The van der Waals surface area contributed by atoms with Gasteiger partial charge in [0.25, 0.3) is 0 Å². The van der Waals surface area contributed by atoms with E-state index in [1.807, 2.05) is 0 Å². The van der Waals surface area contributed by atoms with Crippen molar-refractivity contribution in [1.29, 1.82) is 0 Å². The first-order valence-electron chi connectivity index (χ1n) is 9.01. The summed E-state index contributed by atoms with van der Waals surface area (Å²) in [5.74, 6) is 0.444.